The molecule has 1 aliphatic rings. The van der Waals surface area contributed by atoms with Gasteiger partial charge in [0.15, 0.2) is 0 Å². The highest BCUT2D eigenvalue weighted by molar-refractivity contribution is 5.88. The van der Waals surface area contributed by atoms with E-state index in [1.54, 1.807) is 18.0 Å². The third-order valence-electron chi connectivity index (χ3n) is 3.56. The summed E-state index contributed by atoms with van der Waals surface area (Å²) in [7, 11) is 1.70. The predicted octanol–water partition coefficient (Wildman–Crippen LogP) is 1.90. The number of nitrogens with one attached hydrogen (secondary N) is 1. The maximum absolute atomic E-state index is 12.6. The lowest BCUT2D eigenvalue weighted by atomic mass is 10.0. The van der Waals surface area contributed by atoms with Crippen LogP contribution in [0.3, 0.4) is 0 Å². The van der Waals surface area contributed by atoms with E-state index >= 15 is 0 Å². The van der Waals surface area contributed by atoms with Gasteiger partial charge < -0.3 is 10.2 Å². The monoisotopic (exact) mass is 296 g/mol. The van der Waals surface area contributed by atoms with Crippen molar-refractivity contribution < 1.29 is 18.4 Å². The zero-order valence-corrected chi connectivity index (χ0v) is 11.8. The number of halogens is 2. The van der Waals surface area contributed by atoms with E-state index in [2.05, 4.69) is 5.32 Å². The van der Waals surface area contributed by atoms with Gasteiger partial charge in [0.25, 0.3) is 6.43 Å². The summed E-state index contributed by atoms with van der Waals surface area (Å²) in [6.07, 6.45) is -1.10. The Hall–Kier alpha value is -1.98. The van der Waals surface area contributed by atoms with Gasteiger partial charge in [-0.05, 0) is 24.5 Å². The van der Waals surface area contributed by atoms with Crippen LogP contribution in [-0.4, -0.2) is 36.3 Å². The van der Waals surface area contributed by atoms with Gasteiger partial charge in [0.05, 0.1) is 6.42 Å². The van der Waals surface area contributed by atoms with Crippen molar-refractivity contribution in [3.63, 3.8) is 0 Å². The first-order chi connectivity index (χ1) is 9.97. The normalized spacial score (nSPS) is 19.0. The van der Waals surface area contributed by atoms with Crippen molar-refractivity contribution >= 4 is 11.8 Å². The lowest BCUT2D eigenvalue weighted by Gasteiger charge is -2.29. The maximum atomic E-state index is 12.6. The van der Waals surface area contributed by atoms with Crippen molar-refractivity contribution in [2.75, 3.05) is 13.6 Å². The highest BCUT2D eigenvalue weighted by atomic mass is 19.3. The molecule has 0 radical (unpaired) electrons. The molecule has 1 aromatic rings. The molecule has 1 aromatic carbocycles. The molecule has 0 spiro atoms. The average Bonchev–Trinajstić information content (AvgIpc) is 2.44. The van der Waals surface area contributed by atoms with Crippen molar-refractivity contribution in [2.45, 2.75) is 31.7 Å². The molecule has 21 heavy (non-hydrogen) atoms. The SMILES string of the molecule is CN1CCCC(NC(=O)Cc2cccc(C(F)F)c2)C1=O. The molecule has 0 aromatic heterocycles. The number of carbonyl (C=O) groups excluding carboxylic acids is 2. The van der Waals surface area contributed by atoms with E-state index < -0.39 is 12.5 Å². The first-order valence-corrected chi connectivity index (χ1v) is 6.88. The van der Waals surface area contributed by atoms with Crippen LogP contribution in [0.5, 0.6) is 0 Å². The molecule has 0 bridgehead atoms. The molecule has 1 atom stereocenters. The lowest BCUT2D eigenvalue weighted by Crippen LogP contribution is -2.51. The minimum absolute atomic E-state index is 0.00590. The summed E-state index contributed by atoms with van der Waals surface area (Å²) in [5, 5.41) is 2.68. The van der Waals surface area contributed by atoms with E-state index in [-0.39, 0.29) is 23.8 Å². The number of hydrogen-bond acceptors (Lipinski definition) is 2. The van der Waals surface area contributed by atoms with E-state index in [0.717, 1.165) is 6.42 Å². The Morgan fingerprint density at radius 1 is 1.48 bits per heavy atom. The molecule has 114 valence electrons. The quantitative estimate of drug-likeness (QED) is 0.922. The molecule has 0 aliphatic carbocycles. The van der Waals surface area contributed by atoms with Gasteiger partial charge in [-0.3, -0.25) is 9.59 Å². The molecule has 1 heterocycles. The number of piperidine rings is 1. The number of benzene rings is 1. The molecular weight excluding hydrogens is 278 g/mol. The minimum Gasteiger partial charge on any atom is -0.344 e. The first-order valence-electron chi connectivity index (χ1n) is 6.88. The number of nitrogens with zero attached hydrogens (tertiary/aromatic N) is 1. The van der Waals surface area contributed by atoms with Crippen LogP contribution in [0.4, 0.5) is 8.78 Å². The fraction of sp³-hybridized carbons (Fsp3) is 0.467. The van der Waals surface area contributed by atoms with E-state index in [0.29, 0.717) is 18.5 Å². The molecule has 1 unspecified atom stereocenters. The second-order valence-corrected chi connectivity index (χ2v) is 5.24. The Morgan fingerprint density at radius 3 is 2.95 bits per heavy atom. The van der Waals surface area contributed by atoms with Crippen LogP contribution in [0.25, 0.3) is 0 Å². The van der Waals surface area contributed by atoms with Gasteiger partial charge in [0.1, 0.15) is 6.04 Å². The summed E-state index contributed by atoms with van der Waals surface area (Å²) in [5.41, 5.74) is 0.413. The molecule has 1 fully saturated rings. The van der Waals surface area contributed by atoms with Crippen LogP contribution in [-0.2, 0) is 16.0 Å². The molecule has 0 saturated carbocycles. The van der Waals surface area contributed by atoms with Crippen LogP contribution < -0.4 is 5.32 Å². The van der Waals surface area contributed by atoms with Gasteiger partial charge in [-0.25, -0.2) is 8.78 Å². The molecular formula is C15H18F2N2O2. The summed E-state index contributed by atoms with van der Waals surface area (Å²) in [5.74, 6) is -0.425. The standard InChI is InChI=1S/C15H18F2N2O2/c1-19-7-3-6-12(15(19)21)18-13(20)9-10-4-2-5-11(8-10)14(16)17/h2,4-5,8,12,14H,3,6-7,9H2,1H3,(H,18,20). The molecule has 2 amide bonds. The molecule has 2 rings (SSSR count). The Bertz CT molecular complexity index is 534. The number of alkyl halides is 2. The Labute approximate surface area is 122 Å². The second kappa shape index (κ2) is 6.65. The van der Waals surface area contributed by atoms with Gasteiger partial charge in [0, 0.05) is 19.2 Å². The average molecular weight is 296 g/mol. The third-order valence-corrected chi connectivity index (χ3v) is 3.56. The van der Waals surface area contributed by atoms with Crippen LogP contribution in [0.1, 0.15) is 30.4 Å². The zero-order chi connectivity index (χ0) is 15.4. The maximum Gasteiger partial charge on any atom is 0.263 e. The van der Waals surface area contributed by atoms with Crippen LogP contribution in [0, 0.1) is 0 Å². The van der Waals surface area contributed by atoms with Crippen molar-refractivity contribution in [1.82, 2.24) is 10.2 Å². The van der Waals surface area contributed by atoms with E-state index in [1.165, 1.54) is 18.2 Å². The van der Waals surface area contributed by atoms with Crippen LogP contribution in [0.15, 0.2) is 24.3 Å². The second-order valence-electron chi connectivity index (χ2n) is 5.24. The Kier molecular flexibility index (Phi) is 4.88. The van der Waals surface area contributed by atoms with Crippen molar-refractivity contribution in [3.05, 3.63) is 35.4 Å². The van der Waals surface area contributed by atoms with Gasteiger partial charge in [0.2, 0.25) is 11.8 Å². The topological polar surface area (TPSA) is 49.4 Å². The number of rotatable bonds is 4. The van der Waals surface area contributed by atoms with E-state index in [4.69, 9.17) is 0 Å². The highest BCUT2D eigenvalue weighted by Crippen LogP contribution is 2.19. The Balaban J connectivity index is 1.95. The van der Waals surface area contributed by atoms with Gasteiger partial charge in [-0.2, -0.15) is 0 Å². The summed E-state index contributed by atoms with van der Waals surface area (Å²) >= 11 is 0. The van der Waals surface area contributed by atoms with E-state index in [9.17, 15) is 18.4 Å². The number of carbonyl (C=O) groups is 2. The van der Waals surface area contributed by atoms with Crippen LogP contribution >= 0.6 is 0 Å². The predicted molar refractivity (Wildman–Crippen MR) is 73.9 cm³/mol. The molecule has 1 N–H and O–H groups in total. The number of amides is 2. The molecule has 6 heteroatoms. The van der Waals surface area contributed by atoms with Crippen molar-refractivity contribution in [3.8, 4) is 0 Å². The largest absolute Gasteiger partial charge is 0.344 e. The number of likely N-dealkylation sites (tertiary alicyclic amines) is 1. The van der Waals surface area contributed by atoms with Gasteiger partial charge >= 0.3 is 0 Å². The fourth-order valence-electron chi connectivity index (χ4n) is 2.44. The first kappa shape index (κ1) is 15.4. The smallest absolute Gasteiger partial charge is 0.263 e. The van der Waals surface area contributed by atoms with E-state index in [1.807, 2.05) is 0 Å². The summed E-state index contributed by atoms with van der Waals surface area (Å²) in [4.78, 5) is 25.4. The summed E-state index contributed by atoms with van der Waals surface area (Å²) < 4.78 is 25.2. The van der Waals surface area contributed by atoms with Crippen molar-refractivity contribution in [1.29, 1.82) is 0 Å². The number of hydrogen-bond donors (Lipinski definition) is 1. The van der Waals surface area contributed by atoms with Crippen molar-refractivity contribution in [2.24, 2.45) is 0 Å². The van der Waals surface area contributed by atoms with Crippen LogP contribution in [0.2, 0.25) is 0 Å². The Morgan fingerprint density at radius 2 is 2.24 bits per heavy atom. The fourth-order valence-corrected chi connectivity index (χ4v) is 2.44. The number of likely N-dealkylation sites (N-methyl/N-ethyl adjacent to an activating group) is 1. The lowest BCUT2D eigenvalue weighted by molar-refractivity contribution is -0.137. The molecule has 1 saturated heterocycles. The highest BCUT2D eigenvalue weighted by Gasteiger charge is 2.27. The molecule has 4 nitrogen and oxygen atoms in total. The zero-order valence-electron chi connectivity index (χ0n) is 11.8. The summed E-state index contributed by atoms with van der Waals surface area (Å²) in [6, 6.07) is 5.27. The van der Waals surface area contributed by atoms with Gasteiger partial charge in [-0.1, -0.05) is 18.2 Å². The third kappa shape index (κ3) is 4.00. The molecule has 1 aliphatic heterocycles. The van der Waals surface area contributed by atoms with Gasteiger partial charge in [-0.15, -0.1) is 0 Å². The summed E-state index contributed by atoms with van der Waals surface area (Å²) in [6.45, 7) is 0.696. The minimum atomic E-state index is -2.55.